The van der Waals surface area contributed by atoms with E-state index in [4.69, 9.17) is 4.74 Å². The molecule has 154 valence electrons. The third kappa shape index (κ3) is 4.61. The van der Waals surface area contributed by atoms with Crippen LogP contribution in [0.3, 0.4) is 0 Å². The van der Waals surface area contributed by atoms with Crippen molar-refractivity contribution in [3.05, 3.63) is 29.8 Å². The van der Waals surface area contributed by atoms with Gasteiger partial charge in [0.2, 0.25) is 11.8 Å². The van der Waals surface area contributed by atoms with E-state index >= 15 is 0 Å². The number of ether oxygens (including phenoxy) is 1. The lowest BCUT2D eigenvalue weighted by molar-refractivity contribution is -0.154. The number of benzene rings is 1. The van der Waals surface area contributed by atoms with Gasteiger partial charge < -0.3 is 15.4 Å². The van der Waals surface area contributed by atoms with Crippen molar-refractivity contribution >= 4 is 35.3 Å². The van der Waals surface area contributed by atoms with Gasteiger partial charge in [-0.25, -0.2) is 0 Å². The largest absolute Gasteiger partial charge is 0.454 e. The molecule has 2 fully saturated rings. The molecule has 1 heterocycles. The second-order valence-electron chi connectivity index (χ2n) is 7.13. The van der Waals surface area contributed by atoms with E-state index in [1.54, 1.807) is 24.3 Å². The maximum absolute atomic E-state index is 12.4. The third-order valence-corrected chi connectivity index (χ3v) is 5.24. The Morgan fingerprint density at radius 1 is 1.03 bits per heavy atom. The molecule has 0 spiro atoms. The summed E-state index contributed by atoms with van der Waals surface area (Å²) in [6, 6.07) is 6.19. The van der Waals surface area contributed by atoms with E-state index < -0.39 is 25.0 Å². The number of hydrogen-bond donors (Lipinski definition) is 2. The number of likely N-dealkylation sites (tertiary alicyclic amines) is 1. The lowest BCUT2D eigenvalue weighted by Crippen LogP contribution is -2.37. The van der Waals surface area contributed by atoms with Crippen LogP contribution in [0.4, 0.5) is 5.69 Å². The molecule has 9 nitrogen and oxygen atoms in total. The number of carbonyl (C=O) groups excluding carboxylic acids is 5. The minimum atomic E-state index is -0.810. The van der Waals surface area contributed by atoms with Crippen LogP contribution in [0.5, 0.6) is 0 Å². The van der Waals surface area contributed by atoms with Gasteiger partial charge >= 0.3 is 5.97 Å². The first-order valence-electron chi connectivity index (χ1n) is 9.53. The fourth-order valence-corrected chi connectivity index (χ4v) is 3.75. The van der Waals surface area contributed by atoms with Crippen molar-refractivity contribution in [2.24, 2.45) is 11.8 Å². The summed E-state index contributed by atoms with van der Waals surface area (Å²) < 4.78 is 4.91. The lowest BCUT2D eigenvalue weighted by atomic mass is 9.81. The summed E-state index contributed by atoms with van der Waals surface area (Å²) in [7, 11) is 1.52. The monoisotopic (exact) mass is 401 g/mol. The summed E-state index contributed by atoms with van der Waals surface area (Å²) in [5, 5.41) is 5.03. The Kier molecular flexibility index (Phi) is 6.26. The molecule has 4 amide bonds. The Labute approximate surface area is 167 Å². The summed E-state index contributed by atoms with van der Waals surface area (Å²) in [5.41, 5.74) is 0.880. The number of imide groups is 1. The molecule has 2 unspecified atom stereocenters. The second kappa shape index (κ2) is 8.85. The van der Waals surface area contributed by atoms with Crippen LogP contribution in [0.15, 0.2) is 24.3 Å². The smallest absolute Gasteiger partial charge is 0.326 e. The quantitative estimate of drug-likeness (QED) is 0.535. The molecule has 0 aromatic heterocycles. The number of esters is 1. The van der Waals surface area contributed by atoms with Crippen LogP contribution < -0.4 is 10.6 Å². The van der Waals surface area contributed by atoms with Crippen LogP contribution in [-0.2, 0) is 23.9 Å². The van der Waals surface area contributed by atoms with Crippen molar-refractivity contribution in [3.63, 3.8) is 0 Å². The molecular formula is C20H23N3O6. The SMILES string of the molecule is CNC(=O)c1ccc(NC(=O)COC(=O)CN2C(=O)C3CCCCC3C2=O)cc1. The number of nitrogens with zero attached hydrogens (tertiary/aromatic N) is 1. The summed E-state index contributed by atoms with van der Waals surface area (Å²) in [4.78, 5) is 61.1. The van der Waals surface area contributed by atoms with Crippen molar-refractivity contribution in [1.82, 2.24) is 10.2 Å². The van der Waals surface area contributed by atoms with Crippen molar-refractivity contribution in [1.29, 1.82) is 0 Å². The number of anilines is 1. The third-order valence-electron chi connectivity index (χ3n) is 5.24. The Hall–Kier alpha value is -3.23. The van der Waals surface area contributed by atoms with Gasteiger partial charge in [0.1, 0.15) is 6.54 Å². The van der Waals surface area contributed by atoms with E-state index in [0.717, 1.165) is 17.7 Å². The molecule has 9 heteroatoms. The zero-order valence-electron chi connectivity index (χ0n) is 16.1. The summed E-state index contributed by atoms with van der Waals surface area (Å²) in [6.07, 6.45) is 3.15. The van der Waals surface area contributed by atoms with Gasteiger partial charge in [-0.2, -0.15) is 0 Å². The van der Waals surface area contributed by atoms with Crippen LogP contribution >= 0.6 is 0 Å². The molecule has 29 heavy (non-hydrogen) atoms. The molecule has 1 aromatic rings. The predicted octanol–water partition coefficient (Wildman–Crippen LogP) is 0.703. The normalized spacial score (nSPS) is 20.8. The first-order chi connectivity index (χ1) is 13.9. The van der Waals surface area contributed by atoms with Crippen LogP contribution in [0.25, 0.3) is 0 Å². The Bertz CT molecular complexity index is 811. The average molecular weight is 401 g/mol. The average Bonchev–Trinajstić information content (AvgIpc) is 2.97. The number of fused-ring (bicyclic) bond motifs is 1. The molecule has 2 atom stereocenters. The number of amides is 4. The highest BCUT2D eigenvalue weighted by atomic mass is 16.5. The van der Waals surface area contributed by atoms with Gasteiger partial charge in [0.25, 0.3) is 11.8 Å². The van der Waals surface area contributed by atoms with Gasteiger partial charge in [-0.3, -0.25) is 28.9 Å². The highest BCUT2D eigenvalue weighted by molar-refractivity contribution is 6.07. The minimum Gasteiger partial charge on any atom is -0.454 e. The molecule has 0 radical (unpaired) electrons. The molecule has 1 aliphatic carbocycles. The second-order valence-corrected chi connectivity index (χ2v) is 7.13. The minimum absolute atomic E-state index is 0.248. The molecule has 1 saturated carbocycles. The lowest BCUT2D eigenvalue weighted by Gasteiger charge is -2.19. The predicted molar refractivity (Wildman–Crippen MR) is 102 cm³/mol. The van der Waals surface area contributed by atoms with Crippen LogP contribution in [0, 0.1) is 11.8 Å². The fourth-order valence-electron chi connectivity index (χ4n) is 3.75. The number of hydrogen-bond acceptors (Lipinski definition) is 6. The molecule has 1 saturated heterocycles. The van der Waals surface area contributed by atoms with E-state index in [1.807, 2.05) is 0 Å². The van der Waals surface area contributed by atoms with Gasteiger partial charge in [0.15, 0.2) is 6.61 Å². The maximum Gasteiger partial charge on any atom is 0.326 e. The molecule has 3 rings (SSSR count). The molecule has 2 N–H and O–H groups in total. The summed E-state index contributed by atoms with van der Waals surface area (Å²) >= 11 is 0. The van der Waals surface area contributed by atoms with Crippen LogP contribution in [0.2, 0.25) is 0 Å². The van der Waals surface area contributed by atoms with Crippen molar-refractivity contribution in [2.45, 2.75) is 25.7 Å². The summed E-state index contributed by atoms with van der Waals surface area (Å²) in [5.74, 6) is -2.93. The molecule has 0 bridgehead atoms. The first-order valence-corrected chi connectivity index (χ1v) is 9.53. The van der Waals surface area contributed by atoms with E-state index in [0.29, 0.717) is 24.1 Å². The summed E-state index contributed by atoms with van der Waals surface area (Å²) in [6.45, 7) is -1.02. The number of carbonyl (C=O) groups is 5. The molecule has 1 aliphatic heterocycles. The first kappa shape index (κ1) is 20.5. The molecular weight excluding hydrogens is 378 g/mol. The van der Waals surface area contributed by atoms with E-state index in [9.17, 15) is 24.0 Å². The Balaban J connectivity index is 1.46. The van der Waals surface area contributed by atoms with Gasteiger partial charge in [0, 0.05) is 18.3 Å². The molecule has 1 aromatic carbocycles. The van der Waals surface area contributed by atoms with Crippen molar-refractivity contribution in [2.75, 3.05) is 25.5 Å². The van der Waals surface area contributed by atoms with Gasteiger partial charge in [0.05, 0.1) is 11.8 Å². The standard InChI is InChI=1S/C20H23N3O6/c1-21-18(26)12-6-8-13(9-7-12)22-16(24)11-29-17(25)10-23-19(27)14-4-2-3-5-15(14)20(23)28/h6-9,14-15H,2-5,10-11H2,1H3,(H,21,26)(H,22,24). The zero-order chi connectivity index (χ0) is 21.0. The fraction of sp³-hybridized carbons (Fsp3) is 0.450. The van der Waals surface area contributed by atoms with Crippen LogP contribution in [0.1, 0.15) is 36.0 Å². The van der Waals surface area contributed by atoms with E-state index in [1.165, 1.54) is 7.05 Å². The van der Waals surface area contributed by atoms with Crippen molar-refractivity contribution in [3.8, 4) is 0 Å². The topological polar surface area (TPSA) is 122 Å². The Morgan fingerprint density at radius 3 is 2.17 bits per heavy atom. The zero-order valence-corrected chi connectivity index (χ0v) is 16.1. The highest BCUT2D eigenvalue weighted by Gasteiger charge is 2.48. The van der Waals surface area contributed by atoms with Crippen molar-refractivity contribution < 1.29 is 28.7 Å². The van der Waals surface area contributed by atoms with Crippen LogP contribution in [-0.4, -0.2) is 54.7 Å². The number of nitrogens with one attached hydrogen (secondary N) is 2. The highest BCUT2D eigenvalue weighted by Crippen LogP contribution is 2.37. The van der Waals surface area contributed by atoms with Gasteiger partial charge in [-0.1, -0.05) is 12.8 Å². The number of rotatable bonds is 6. The maximum atomic E-state index is 12.4. The van der Waals surface area contributed by atoms with Gasteiger partial charge in [-0.05, 0) is 37.1 Å². The van der Waals surface area contributed by atoms with E-state index in [-0.39, 0.29) is 29.6 Å². The Morgan fingerprint density at radius 2 is 1.62 bits per heavy atom. The molecule has 2 aliphatic rings. The van der Waals surface area contributed by atoms with Gasteiger partial charge in [-0.15, -0.1) is 0 Å². The van der Waals surface area contributed by atoms with E-state index in [2.05, 4.69) is 10.6 Å².